The second kappa shape index (κ2) is 7.57. The van der Waals surface area contributed by atoms with E-state index in [9.17, 15) is 4.79 Å². The van der Waals surface area contributed by atoms with E-state index in [2.05, 4.69) is 25.2 Å². The molecule has 0 spiro atoms. The Labute approximate surface area is 158 Å². The summed E-state index contributed by atoms with van der Waals surface area (Å²) in [5.74, 6) is 1.56. The van der Waals surface area contributed by atoms with Gasteiger partial charge in [-0.25, -0.2) is 9.97 Å². The molecule has 2 aromatic heterocycles. The molecule has 1 atom stereocenters. The molecule has 0 unspecified atom stereocenters. The second-order valence-electron chi connectivity index (χ2n) is 6.73. The van der Waals surface area contributed by atoms with Crippen LogP contribution in [0.2, 0.25) is 0 Å². The molecule has 138 valence electrons. The van der Waals surface area contributed by atoms with Crippen LogP contribution in [0.1, 0.15) is 23.2 Å². The first-order valence-corrected chi connectivity index (χ1v) is 9.11. The number of benzene rings is 1. The van der Waals surface area contributed by atoms with Crippen molar-refractivity contribution in [2.45, 2.75) is 18.9 Å². The van der Waals surface area contributed by atoms with Crippen LogP contribution in [-0.2, 0) is 7.05 Å². The summed E-state index contributed by atoms with van der Waals surface area (Å²) in [6.07, 6.45) is 10.7. The third-order valence-electron chi connectivity index (χ3n) is 4.86. The normalized spacial score (nSPS) is 16.9. The molecule has 7 heteroatoms. The third kappa shape index (κ3) is 3.67. The molecule has 4 rings (SSSR count). The number of aryl methyl sites for hydroxylation is 1. The van der Waals surface area contributed by atoms with Gasteiger partial charge in [0.05, 0.1) is 11.8 Å². The summed E-state index contributed by atoms with van der Waals surface area (Å²) in [4.78, 5) is 28.1. The first-order valence-electron chi connectivity index (χ1n) is 9.11. The number of carbonyl (C=O) groups is 1. The Morgan fingerprint density at radius 2 is 2.07 bits per heavy atom. The van der Waals surface area contributed by atoms with Crippen LogP contribution in [0.3, 0.4) is 0 Å². The van der Waals surface area contributed by atoms with Crippen molar-refractivity contribution in [3.63, 3.8) is 0 Å². The first-order chi connectivity index (χ1) is 13.2. The van der Waals surface area contributed by atoms with Crippen molar-refractivity contribution < 1.29 is 4.79 Å². The van der Waals surface area contributed by atoms with Gasteiger partial charge in [-0.2, -0.15) is 0 Å². The van der Waals surface area contributed by atoms with Crippen molar-refractivity contribution in [2.24, 2.45) is 7.05 Å². The molecular formula is C20H22N6O. The fourth-order valence-corrected chi connectivity index (χ4v) is 3.52. The van der Waals surface area contributed by atoms with E-state index in [1.807, 2.05) is 42.1 Å². The predicted octanol–water partition coefficient (Wildman–Crippen LogP) is 2.28. The topological polar surface area (TPSA) is 75.9 Å². The molecule has 1 amide bonds. The van der Waals surface area contributed by atoms with Crippen LogP contribution in [-0.4, -0.2) is 44.6 Å². The predicted molar refractivity (Wildman–Crippen MR) is 103 cm³/mol. The molecule has 0 aliphatic carbocycles. The van der Waals surface area contributed by atoms with E-state index in [1.165, 1.54) is 0 Å². The van der Waals surface area contributed by atoms with Gasteiger partial charge in [-0.3, -0.25) is 9.78 Å². The lowest BCUT2D eigenvalue weighted by Gasteiger charge is -2.33. The summed E-state index contributed by atoms with van der Waals surface area (Å²) < 4.78 is 1.92. The van der Waals surface area contributed by atoms with Crippen molar-refractivity contribution in [3.8, 4) is 11.4 Å². The molecule has 0 saturated carbocycles. The summed E-state index contributed by atoms with van der Waals surface area (Å²) in [5.41, 5.74) is 1.48. The molecule has 1 N–H and O–H groups in total. The zero-order valence-electron chi connectivity index (χ0n) is 15.2. The number of nitrogens with one attached hydrogen (secondary N) is 1. The lowest BCUT2D eigenvalue weighted by atomic mass is 10.0. The molecule has 3 heterocycles. The largest absolute Gasteiger partial charge is 0.353 e. The molecule has 0 radical (unpaired) electrons. The number of carbonyl (C=O) groups excluding carboxylic acids is 1. The molecule has 27 heavy (non-hydrogen) atoms. The second-order valence-corrected chi connectivity index (χ2v) is 6.73. The highest BCUT2D eigenvalue weighted by atomic mass is 16.1. The van der Waals surface area contributed by atoms with E-state index in [1.54, 1.807) is 24.8 Å². The molecule has 1 fully saturated rings. The Balaban J connectivity index is 1.51. The zero-order valence-corrected chi connectivity index (χ0v) is 15.2. The third-order valence-corrected chi connectivity index (χ3v) is 4.86. The number of piperidine rings is 1. The Kier molecular flexibility index (Phi) is 4.82. The average Bonchev–Trinajstić information content (AvgIpc) is 3.14. The SMILES string of the molecule is Cn1ccnc1-c1ccccc1C(=O)N[C@@H]1CCCN(c2cnccn2)C1. The molecule has 7 nitrogen and oxygen atoms in total. The minimum Gasteiger partial charge on any atom is -0.353 e. The number of imidazole rings is 1. The zero-order chi connectivity index (χ0) is 18.6. The van der Waals surface area contributed by atoms with Crippen LogP contribution in [0, 0.1) is 0 Å². The van der Waals surface area contributed by atoms with Crippen LogP contribution >= 0.6 is 0 Å². The minimum atomic E-state index is -0.0698. The van der Waals surface area contributed by atoms with Crippen LogP contribution < -0.4 is 10.2 Å². The van der Waals surface area contributed by atoms with Gasteiger partial charge in [0.1, 0.15) is 11.6 Å². The maximum atomic E-state index is 13.0. The van der Waals surface area contributed by atoms with Crippen molar-refractivity contribution in [3.05, 3.63) is 60.8 Å². The fourth-order valence-electron chi connectivity index (χ4n) is 3.52. The molecular weight excluding hydrogens is 340 g/mol. The van der Waals surface area contributed by atoms with Crippen molar-refractivity contribution in [2.75, 3.05) is 18.0 Å². The van der Waals surface area contributed by atoms with E-state index < -0.39 is 0 Å². The van der Waals surface area contributed by atoms with Gasteiger partial charge >= 0.3 is 0 Å². The van der Waals surface area contributed by atoms with Crippen LogP contribution in [0.5, 0.6) is 0 Å². The number of aromatic nitrogens is 4. The summed E-state index contributed by atoms with van der Waals surface area (Å²) in [6.45, 7) is 1.66. The Hall–Kier alpha value is -3.22. The molecule has 3 aromatic rings. The van der Waals surface area contributed by atoms with Crippen molar-refractivity contribution >= 4 is 11.7 Å². The molecule has 1 aromatic carbocycles. The number of nitrogens with zero attached hydrogens (tertiary/aromatic N) is 5. The van der Waals surface area contributed by atoms with Gasteiger partial charge in [0, 0.05) is 56.5 Å². The van der Waals surface area contributed by atoms with Gasteiger partial charge in [0.15, 0.2) is 0 Å². The Bertz CT molecular complexity index is 923. The van der Waals surface area contributed by atoms with Gasteiger partial charge in [0.25, 0.3) is 5.91 Å². The summed E-state index contributed by atoms with van der Waals surface area (Å²) >= 11 is 0. The minimum absolute atomic E-state index is 0.0698. The van der Waals surface area contributed by atoms with E-state index in [4.69, 9.17) is 0 Å². The van der Waals surface area contributed by atoms with Crippen LogP contribution in [0.15, 0.2) is 55.2 Å². The number of hydrogen-bond acceptors (Lipinski definition) is 5. The van der Waals surface area contributed by atoms with Gasteiger partial charge in [0.2, 0.25) is 0 Å². The molecule has 1 aliphatic heterocycles. The van der Waals surface area contributed by atoms with E-state index >= 15 is 0 Å². The average molecular weight is 362 g/mol. The summed E-state index contributed by atoms with van der Waals surface area (Å²) in [5, 5.41) is 3.19. The Morgan fingerprint density at radius 1 is 1.19 bits per heavy atom. The molecule has 1 aliphatic rings. The highest BCUT2D eigenvalue weighted by Gasteiger charge is 2.24. The summed E-state index contributed by atoms with van der Waals surface area (Å²) in [7, 11) is 1.93. The van der Waals surface area contributed by atoms with Gasteiger partial charge < -0.3 is 14.8 Å². The van der Waals surface area contributed by atoms with E-state index in [0.717, 1.165) is 43.1 Å². The van der Waals surface area contributed by atoms with Crippen LogP contribution in [0.4, 0.5) is 5.82 Å². The standard InChI is InChI=1S/C20H22N6O/c1-25-12-10-23-19(25)16-6-2-3-7-17(16)20(27)24-15-5-4-11-26(14-15)18-13-21-8-9-22-18/h2-3,6-10,12-13,15H,4-5,11,14H2,1H3,(H,24,27)/t15-/m1/s1. The number of hydrogen-bond donors (Lipinski definition) is 1. The van der Waals surface area contributed by atoms with E-state index in [-0.39, 0.29) is 11.9 Å². The Morgan fingerprint density at radius 3 is 2.85 bits per heavy atom. The first kappa shape index (κ1) is 17.2. The highest BCUT2D eigenvalue weighted by molar-refractivity contribution is 6.00. The van der Waals surface area contributed by atoms with Crippen LogP contribution in [0.25, 0.3) is 11.4 Å². The maximum Gasteiger partial charge on any atom is 0.252 e. The van der Waals surface area contributed by atoms with E-state index in [0.29, 0.717) is 5.56 Å². The maximum absolute atomic E-state index is 13.0. The van der Waals surface area contributed by atoms with Gasteiger partial charge in [-0.1, -0.05) is 18.2 Å². The smallest absolute Gasteiger partial charge is 0.252 e. The van der Waals surface area contributed by atoms with Crippen molar-refractivity contribution in [1.82, 2.24) is 24.8 Å². The quantitative estimate of drug-likeness (QED) is 0.771. The lowest BCUT2D eigenvalue weighted by Crippen LogP contribution is -2.48. The summed E-state index contributed by atoms with van der Waals surface area (Å²) in [6, 6.07) is 7.67. The monoisotopic (exact) mass is 362 g/mol. The number of anilines is 1. The number of rotatable bonds is 4. The van der Waals surface area contributed by atoms with Gasteiger partial charge in [-0.05, 0) is 18.9 Å². The van der Waals surface area contributed by atoms with Crippen molar-refractivity contribution in [1.29, 1.82) is 0 Å². The molecule has 1 saturated heterocycles. The van der Waals surface area contributed by atoms with Gasteiger partial charge in [-0.15, -0.1) is 0 Å². The molecule has 0 bridgehead atoms. The lowest BCUT2D eigenvalue weighted by molar-refractivity contribution is 0.0933. The number of amides is 1. The highest BCUT2D eigenvalue weighted by Crippen LogP contribution is 2.22. The fraction of sp³-hybridized carbons (Fsp3) is 0.300.